The highest BCUT2D eigenvalue weighted by molar-refractivity contribution is 5.86. The van der Waals surface area contributed by atoms with E-state index < -0.39 is 35.7 Å². The lowest BCUT2D eigenvalue weighted by Gasteiger charge is -2.22. The molecule has 0 saturated carbocycles. The van der Waals surface area contributed by atoms with Gasteiger partial charge in [-0.2, -0.15) is 8.78 Å². The molecule has 24 heavy (non-hydrogen) atoms. The molecule has 8 heteroatoms. The highest BCUT2D eigenvalue weighted by Gasteiger charge is 2.28. The van der Waals surface area contributed by atoms with Crippen LogP contribution in [-0.2, 0) is 14.3 Å². The van der Waals surface area contributed by atoms with E-state index in [1.54, 1.807) is 20.8 Å². The van der Waals surface area contributed by atoms with Crippen LogP contribution in [0.15, 0.2) is 36.2 Å². The molecule has 5 nitrogen and oxygen atoms in total. The van der Waals surface area contributed by atoms with Crippen LogP contribution in [0.5, 0.6) is 0 Å². The van der Waals surface area contributed by atoms with Gasteiger partial charge in [-0.3, -0.25) is 10.1 Å². The Balaban J connectivity index is 3.20. The van der Waals surface area contributed by atoms with E-state index in [9.17, 15) is 22.8 Å². The summed E-state index contributed by atoms with van der Waals surface area (Å²) in [6.07, 6.45) is -5.45. The van der Waals surface area contributed by atoms with Crippen molar-refractivity contribution in [3.05, 3.63) is 41.7 Å². The third kappa shape index (κ3) is 5.94. The fourth-order valence-electron chi connectivity index (χ4n) is 1.77. The van der Waals surface area contributed by atoms with E-state index in [0.717, 1.165) is 6.92 Å². The Labute approximate surface area is 137 Å². The number of esters is 1. The Morgan fingerprint density at radius 1 is 1.12 bits per heavy atom. The second kappa shape index (κ2) is 7.85. The number of carbonyl (C=O) groups excluding carboxylic acids is 2. The van der Waals surface area contributed by atoms with Gasteiger partial charge in [0.25, 0.3) is 0 Å². The molecule has 1 aromatic rings. The minimum absolute atomic E-state index is 0.0191. The molecule has 0 fully saturated rings. The standard InChI is InChI=1S/C16H18F3NO4/c1-9(21)23-13(12(17)14(18)19)10-7-5-6-8-11(10)20-15(22)24-16(2,3)4/h5-8,13H,1-4H3,(H,20,22). The first-order chi connectivity index (χ1) is 11.0. The third-order valence-corrected chi connectivity index (χ3v) is 2.57. The molecule has 0 bridgehead atoms. The third-order valence-electron chi connectivity index (χ3n) is 2.57. The van der Waals surface area contributed by atoms with Crippen molar-refractivity contribution in [2.75, 3.05) is 5.32 Å². The number of anilines is 1. The van der Waals surface area contributed by atoms with Gasteiger partial charge < -0.3 is 9.47 Å². The summed E-state index contributed by atoms with van der Waals surface area (Å²) < 4.78 is 48.7. The Bertz CT molecular complexity index is 649. The van der Waals surface area contributed by atoms with Crippen LogP contribution in [0.25, 0.3) is 0 Å². The number of hydrogen-bond donors (Lipinski definition) is 1. The second-order valence-electron chi connectivity index (χ2n) is 5.81. The van der Waals surface area contributed by atoms with Crippen molar-refractivity contribution in [2.45, 2.75) is 39.4 Å². The first-order valence-corrected chi connectivity index (χ1v) is 6.98. The van der Waals surface area contributed by atoms with Crippen LogP contribution >= 0.6 is 0 Å². The zero-order valence-electron chi connectivity index (χ0n) is 13.7. The van der Waals surface area contributed by atoms with E-state index in [1.807, 2.05) is 0 Å². The molecule has 1 amide bonds. The molecule has 0 aliphatic carbocycles. The fourth-order valence-corrected chi connectivity index (χ4v) is 1.77. The monoisotopic (exact) mass is 345 g/mol. The average molecular weight is 345 g/mol. The number of carbonyl (C=O) groups is 2. The maximum absolute atomic E-state index is 13.7. The van der Waals surface area contributed by atoms with E-state index in [0.29, 0.717) is 0 Å². The molecule has 0 aromatic heterocycles. The number of benzene rings is 1. The second-order valence-corrected chi connectivity index (χ2v) is 5.81. The molecule has 0 aliphatic heterocycles. The largest absolute Gasteiger partial charge is 0.450 e. The van der Waals surface area contributed by atoms with E-state index in [-0.39, 0.29) is 11.3 Å². The number of hydrogen-bond acceptors (Lipinski definition) is 4. The van der Waals surface area contributed by atoms with Crippen LogP contribution in [0.2, 0.25) is 0 Å². The predicted molar refractivity (Wildman–Crippen MR) is 81.2 cm³/mol. The number of rotatable bonds is 4. The van der Waals surface area contributed by atoms with Crippen molar-refractivity contribution >= 4 is 17.7 Å². The van der Waals surface area contributed by atoms with Crippen LogP contribution in [0.1, 0.15) is 39.4 Å². The molecule has 132 valence electrons. The lowest BCUT2D eigenvalue weighted by molar-refractivity contribution is -0.145. The van der Waals surface area contributed by atoms with Crippen LogP contribution in [0, 0.1) is 0 Å². The van der Waals surface area contributed by atoms with Gasteiger partial charge >= 0.3 is 18.1 Å². The Kier molecular flexibility index (Phi) is 6.39. The lowest BCUT2D eigenvalue weighted by atomic mass is 10.1. The van der Waals surface area contributed by atoms with Crippen molar-refractivity contribution in [1.29, 1.82) is 0 Å². The normalized spacial score (nSPS) is 12.1. The number of amides is 1. The minimum atomic E-state index is -2.62. The van der Waals surface area contributed by atoms with Gasteiger partial charge in [0.05, 0.1) is 5.69 Å². The Morgan fingerprint density at radius 2 is 1.71 bits per heavy atom. The van der Waals surface area contributed by atoms with E-state index >= 15 is 0 Å². The first-order valence-electron chi connectivity index (χ1n) is 6.98. The summed E-state index contributed by atoms with van der Waals surface area (Å²) in [6, 6.07) is 5.52. The zero-order chi connectivity index (χ0) is 18.5. The highest BCUT2D eigenvalue weighted by Crippen LogP contribution is 2.35. The molecule has 1 rings (SSSR count). The molecule has 1 unspecified atom stereocenters. The van der Waals surface area contributed by atoms with Crippen LogP contribution in [0.3, 0.4) is 0 Å². The topological polar surface area (TPSA) is 64.6 Å². The van der Waals surface area contributed by atoms with E-state index in [4.69, 9.17) is 4.74 Å². The summed E-state index contributed by atoms with van der Waals surface area (Å²) in [7, 11) is 0. The van der Waals surface area contributed by atoms with Crippen molar-refractivity contribution in [1.82, 2.24) is 0 Å². The van der Waals surface area contributed by atoms with Gasteiger partial charge in [-0.1, -0.05) is 18.2 Å². The van der Waals surface area contributed by atoms with E-state index in [1.165, 1.54) is 24.3 Å². The lowest BCUT2D eigenvalue weighted by Crippen LogP contribution is -2.27. The molecular weight excluding hydrogens is 327 g/mol. The van der Waals surface area contributed by atoms with Crippen molar-refractivity contribution < 1.29 is 32.2 Å². The zero-order valence-corrected chi connectivity index (χ0v) is 13.7. The summed E-state index contributed by atoms with van der Waals surface area (Å²) in [5, 5.41) is 2.33. The maximum atomic E-state index is 13.7. The van der Waals surface area contributed by atoms with Gasteiger partial charge in [-0.05, 0) is 26.8 Å². The van der Waals surface area contributed by atoms with Gasteiger partial charge in [-0.25, -0.2) is 9.18 Å². The molecule has 0 aliphatic rings. The van der Waals surface area contributed by atoms with Gasteiger partial charge in [0, 0.05) is 12.5 Å². The SMILES string of the molecule is CC(=O)OC(C(F)=C(F)F)c1ccccc1NC(=O)OC(C)(C)C. The predicted octanol–water partition coefficient (Wildman–Crippen LogP) is 4.72. The number of para-hydroxylation sites is 1. The smallest absolute Gasteiger partial charge is 0.412 e. The number of ether oxygens (including phenoxy) is 2. The molecule has 1 N–H and O–H groups in total. The fraction of sp³-hybridized carbons (Fsp3) is 0.375. The van der Waals surface area contributed by atoms with Crippen molar-refractivity contribution in [3.8, 4) is 0 Å². The quantitative estimate of drug-likeness (QED) is 0.802. The molecule has 0 radical (unpaired) electrons. The summed E-state index contributed by atoms with van der Waals surface area (Å²) in [5.74, 6) is -2.87. The highest BCUT2D eigenvalue weighted by atomic mass is 19.3. The molecule has 1 aromatic carbocycles. The average Bonchev–Trinajstić information content (AvgIpc) is 2.42. The van der Waals surface area contributed by atoms with Gasteiger partial charge in [0.1, 0.15) is 5.60 Å². The minimum Gasteiger partial charge on any atom is -0.450 e. The van der Waals surface area contributed by atoms with Crippen molar-refractivity contribution in [3.63, 3.8) is 0 Å². The van der Waals surface area contributed by atoms with Crippen molar-refractivity contribution in [2.24, 2.45) is 0 Å². The molecular formula is C16H18F3NO4. The van der Waals surface area contributed by atoms with E-state index in [2.05, 4.69) is 10.1 Å². The molecule has 1 atom stereocenters. The van der Waals surface area contributed by atoms with Crippen LogP contribution in [-0.4, -0.2) is 17.7 Å². The van der Waals surface area contributed by atoms with Gasteiger partial charge in [0.15, 0.2) is 6.10 Å². The van der Waals surface area contributed by atoms with Gasteiger partial charge in [0.2, 0.25) is 5.83 Å². The van der Waals surface area contributed by atoms with Gasteiger partial charge in [-0.15, -0.1) is 0 Å². The number of halogens is 3. The van der Waals surface area contributed by atoms with Crippen LogP contribution in [0.4, 0.5) is 23.7 Å². The molecule has 0 saturated heterocycles. The summed E-state index contributed by atoms with van der Waals surface area (Å²) in [4.78, 5) is 22.9. The summed E-state index contributed by atoms with van der Waals surface area (Å²) in [5.41, 5.74) is -0.955. The molecule has 0 heterocycles. The number of nitrogens with one attached hydrogen (secondary N) is 1. The molecule has 0 spiro atoms. The van der Waals surface area contributed by atoms with Crippen LogP contribution < -0.4 is 5.32 Å². The Morgan fingerprint density at radius 3 is 2.21 bits per heavy atom. The summed E-state index contributed by atoms with van der Waals surface area (Å²) in [6.45, 7) is 5.88. The summed E-state index contributed by atoms with van der Waals surface area (Å²) >= 11 is 0. The maximum Gasteiger partial charge on any atom is 0.412 e. The first kappa shape index (κ1) is 19.5. The Hall–Kier alpha value is -2.51.